The summed E-state index contributed by atoms with van der Waals surface area (Å²) in [7, 11) is 0. The average molecular weight is 254 g/mol. The van der Waals surface area contributed by atoms with Crippen LogP contribution in [0.2, 0.25) is 0 Å². The van der Waals surface area contributed by atoms with Crippen LogP contribution in [-0.2, 0) is 14.3 Å². The number of rotatable bonds is 3. The highest BCUT2D eigenvalue weighted by Gasteiger charge is 2.45. The monoisotopic (exact) mass is 254 g/mol. The second kappa shape index (κ2) is 5.14. The molecular formula is C12H11FO5. The number of esters is 1. The standard InChI is InChI=1S/C12H11FO5/c13-8-6-17-10(11(14)15)9(8)18-12(16)7-4-2-1-3-5-7/h1-5,8-10H,6H2,(H,14,15)/t8-,9+,10+/m0/s1. The molecule has 0 aliphatic carbocycles. The summed E-state index contributed by atoms with van der Waals surface area (Å²) in [6.07, 6.45) is -4.48. The lowest BCUT2D eigenvalue weighted by Gasteiger charge is -2.16. The zero-order chi connectivity index (χ0) is 13.1. The molecule has 18 heavy (non-hydrogen) atoms. The first-order chi connectivity index (χ1) is 8.59. The largest absolute Gasteiger partial charge is 0.479 e. The lowest BCUT2D eigenvalue weighted by Crippen LogP contribution is -2.38. The Kier molecular flexibility index (Phi) is 3.57. The van der Waals surface area contributed by atoms with E-state index in [1.807, 2.05) is 0 Å². The Morgan fingerprint density at radius 3 is 2.61 bits per heavy atom. The summed E-state index contributed by atoms with van der Waals surface area (Å²) in [6.45, 7) is -0.385. The molecule has 96 valence electrons. The number of carbonyl (C=O) groups excluding carboxylic acids is 1. The first kappa shape index (κ1) is 12.5. The molecule has 1 N–H and O–H groups in total. The predicted molar refractivity (Wildman–Crippen MR) is 57.9 cm³/mol. The molecule has 2 rings (SSSR count). The van der Waals surface area contributed by atoms with Crippen molar-refractivity contribution < 1.29 is 28.6 Å². The number of carboxylic acid groups (broad SMARTS) is 1. The molecule has 0 saturated carbocycles. The van der Waals surface area contributed by atoms with Gasteiger partial charge in [0.1, 0.15) is 0 Å². The molecule has 1 heterocycles. The Bertz CT molecular complexity index is 447. The van der Waals surface area contributed by atoms with Gasteiger partial charge in [-0.15, -0.1) is 0 Å². The van der Waals surface area contributed by atoms with Crippen molar-refractivity contribution in [2.24, 2.45) is 0 Å². The summed E-state index contributed by atoms with van der Waals surface area (Å²) in [5.41, 5.74) is 0.237. The Hall–Kier alpha value is -1.95. The minimum Gasteiger partial charge on any atom is -0.479 e. The average Bonchev–Trinajstić information content (AvgIpc) is 2.72. The van der Waals surface area contributed by atoms with Crippen molar-refractivity contribution in [1.82, 2.24) is 0 Å². The number of carbonyl (C=O) groups is 2. The van der Waals surface area contributed by atoms with Gasteiger partial charge in [-0.2, -0.15) is 0 Å². The summed E-state index contributed by atoms with van der Waals surface area (Å²) in [5.74, 6) is -2.11. The van der Waals surface area contributed by atoms with Gasteiger partial charge in [0, 0.05) is 0 Å². The van der Waals surface area contributed by atoms with Crippen LogP contribution in [0.15, 0.2) is 30.3 Å². The molecule has 0 radical (unpaired) electrons. The Morgan fingerprint density at radius 1 is 1.33 bits per heavy atom. The second-order valence-electron chi connectivity index (χ2n) is 3.84. The fourth-order valence-electron chi connectivity index (χ4n) is 1.69. The lowest BCUT2D eigenvalue weighted by molar-refractivity contribution is -0.151. The van der Waals surface area contributed by atoms with Gasteiger partial charge in [-0.3, -0.25) is 0 Å². The van der Waals surface area contributed by atoms with E-state index < -0.39 is 30.3 Å². The highest BCUT2D eigenvalue weighted by atomic mass is 19.1. The number of hydrogen-bond acceptors (Lipinski definition) is 4. The number of aliphatic carboxylic acids is 1. The van der Waals surface area contributed by atoms with Crippen molar-refractivity contribution in [2.75, 3.05) is 6.61 Å². The molecule has 1 aliphatic rings. The van der Waals surface area contributed by atoms with E-state index in [-0.39, 0.29) is 12.2 Å². The third kappa shape index (κ3) is 2.48. The van der Waals surface area contributed by atoms with Gasteiger partial charge in [0.2, 0.25) is 0 Å². The quantitative estimate of drug-likeness (QED) is 0.816. The molecule has 1 fully saturated rings. The number of hydrogen-bond donors (Lipinski definition) is 1. The zero-order valence-corrected chi connectivity index (χ0v) is 9.28. The first-order valence-corrected chi connectivity index (χ1v) is 5.34. The van der Waals surface area contributed by atoms with Crippen LogP contribution in [0, 0.1) is 0 Å². The summed E-state index contributed by atoms with van der Waals surface area (Å²) in [6, 6.07) is 7.97. The van der Waals surface area contributed by atoms with Gasteiger partial charge in [-0.05, 0) is 12.1 Å². The second-order valence-corrected chi connectivity index (χ2v) is 3.84. The van der Waals surface area contributed by atoms with Gasteiger partial charge >= 0.3 is 11.9 Å². The maximum absolute atomic E-state index is 13.4. The third-order valence-electron chi connectivity index (χ3n) is 2.59. The van der Waals surface area contributed by atoms with Crippen molar-refractivity contribution in [3.8, 4) is 0 Å². The van der Waals surface area contributed by atoms with Crippen LogP contribution in [0.3, 0.4) is 0 Å². The van der Waals surface area contributed by atoms with E-state index in [9.17, 15) is 14.0 Å². The van der Waals surface area contributed by atoms with Gasteiger partial charge in [0.25, 0.3) is 0 Å². The minimum absolute atomic E-state index is 0.237. The highest BCUT2D eigenvalue weighted by Crippen LogP contribution is 2.22. The normalized spacial score (nSPS) is 26.8. The third-order valence-corrected chi connectivity index (χ3v) is 2.59. The fourth-order valence-corrected chi connectivity index (χ4v) is 1.69. The van der Waals surface area contributed by atoms with Gasteiger partial charge in [0.15, 0.2) is 18.4 Å². The van der Waals surface area contributed by atoms with Gasteiger partial charge in [-0.25, -0.2) is 14.0 Å². The predicted octanol–water partition coefficient (Wildman–Crippen LogP) is 1.03. The summed E-state index contributed by atoms with van der Waals surface area (Å²) in [5, 5.41) is 8.80. The summed E-state index contributed by atoms with van der Waals surface area (Å²) < 4.78 is 23.0. The van der Waals surface area contributed by atoms with Crippen LogP contribution in [0.4, 0.5) is 4.39 Å². The van der Waals surface area contributed by atoms with Gasteiger partial charge in [-0.1, -0.05) is 18.2 Å². The van der Waals surface area contributed by atoms with E-state index in [0.29, 0.717) is 0 Å². The smallest absolute Gasteiger partial charge is 0.338 e. The first-order valence-electron chi connectivity index (χ1n) is 5.34. The van der Waals surface area contributed by atoms with Crippen molar-refractivity contribution >= 4 is 11.9 Å². The molecule has 0 bridgehead atoms. The summed E-state index contributed by atoms with van der Waals surface area (Å²) in [4.78, 5) is 22.5. The SMILES string of the molecule is O=C(O[C@@H]1[C@@H](F)CO[C@H]1C(=O)O)c1ccccc1. The lowest BCUT2D eigenvalue weighted by atomic mass is 10.1. The Morgan fingerprint density at radius 2 is 2.00 bits per heavy atom. The Labute approximate surface area is 102 Å². The molecule has 1 saturated heterocycles. The van der Waals surface area contributed by atoms with Crippen LogP contribution in [0.5, 0.6) is 0 Å². The van der Waals surface area contributed by atoms with Crippen molar-refractivity contribution in [3.05, 3.63) is 35.9 Å². The molecule has 1 aromatic rings. The molecule has 0 unspecified atom stereocenters. The Balaban J connectivity index is 2.08. The van der Waals surface area contributed by atoms with Crippen molar-refractivity contribution in [1.29, 1.82) is 0 Å². The number of alkyl halides is 1. The number of halogens is 1. The van der Waals surface area contributed by atoms with Crippen LogP contribution in [0.25, 0.3) is 0 Å². The number of ether oxygens (including phenoxy) is 2. The van der Waals surface area contributed by atoms with Crippen molar-refractivity contribution in [2.45, 2.75) is 18.4 Å². The van der Waals surface area contributed by atoms with E-state index in [1.54, 1.807) is 18.2 Å². The summed E-state index contributed by atoms with van der Waals surface area (Å²) >= 11 is 0. The van der Waals surface area contributed by atoms with Crippen LogP contribution >= 0.6 is 0 Å². The molecule has 0 amide bonds. The number of carboxylic acids is 1. The van der Waals surface area contributed by atoms with E-state index in [0.717, 1.165) is 0 Å². The molecule has 1 aromatic carbocycles. The maximum atomic E-state index is 13.4. The van der Waals surface area contributed by atoms with Crippen LogP contribution in [-0.4, -0.2) is 42.0 Å². The topological polar surface area (TPSA) is 72.8 Å². The van der Waals surface area contributed by atoms with E-state index in [4.69, 9.17) is 14.6 Å². The highest BCUT2D eigenvalue weighted by molar-refractivity contribution is 5.89. The van der Waals surface area contributed by atoms with Crippen molar-refractivity contribution in [3.63, 3.8) is 0 Å². The molecule has 1 aliphatic heterocycles. The molecule has 3 atom stereocenters. The van der Waals surface area contributed by atoms with Gasteiger partial charge in [0.05, 0.1) is 12.2 Å². The molecule has 0 aromatic heterocycles. The molecular weight excluding hydrogens is 243 g/mol. The van der Waals surface area contributed by atoms with E-state index in [2.05, 4.69) is 0 Å². The molecule has 5 nitrogen and oxygen atoms in total. The van der Waals surface area contributed by atoms with E-state index in [1.165, 1.54) is 12.1 Å². The van der Waals surface area contributed by atoms with E-state index >= 15 is 0 Å². The zero-order valence-electron chi connectivity index (χ0n) is 9.28. The molecule has 6 heteroatoms. The van der Waals surface area contributed by atoms with Crippen LogP contribution in [0.1, 0.15) is 10.4 Å². The van der Waals surface area contributed by atoms with Gasteiger partial charge < -0.3 is 14.6 Å². The van der Waals surface area contributed by atoms with Crippen LogP contribution < -0.4 is 0 Å². The minimum atomic E-state index is -1.63. The maximum Gasteiger partial charge on any atom is 0.338 e. The molecule has 0 spiro atoms. The fraction of sp³-hybridized carbons (Fsp3) is 0.333. The number of benzene rings is 1.